The van der Waals surface area contributed by atoms with Crippen LogP contribution in [0.2, 0.25) is 0 Å². The lowest BCUT2D eigenvalue weighted by atomic mass is 10.0. The number of nitrogens with one attached hydrogen (secondary N) is 1. The third-order valence-electron chi connectivity index (χ3n) is 1.73. The fourth-order valence-electron chi connectivity index (χ4n) is 1.27. The van der Waals surface area contributed by atoms with Gasteiger partial charge in [0.25, 0.3) is 0 Å². The molecule has 0 aromatic heterocycles. The average Bonchev–Trinajstić information content (AvgIpc) is 1.84. The van der Waals surface area contributed by atoms with Crippen molar-refractivity contribution in [3.63, 3.8) is 0 Å². The highest BCUT2D eigenvalue weighted by atomic mass is 16.4. The van der Waals surface area contributed by atoms with E-state index in [9.17, 15) is 4.79 Å². The van der Waals surface area contributed by atoms with Crippen LogP contribution < -0.4 is 5.32 Å². The van der Waals surface area contributed by atoms with Gasteiger partial charge in [0.1, 0.15) is 6.04 Å². The third kappa shape index (κ3) is 5.13. The number of carbonyl (C=O) groups is 1. The van der Waals surface area contributed by atoms with Gasteiger partial charge in [-0.3, -0.25) is 4.79 Å². The first-order chi connectivity index (χ1) is 5.43. The van der Waals surface area contributed by atoms with Crippen LogP contribution in [0.1, 0.15) is 34.1 Å². The van der Waals surface area contributed by atoms with Gasteiger partial charge in [-0.15, -0.1) is 0 Å². The van der Waals surface area contributed by atoms with E-state index in [1.165, 1.54) is 0 Å². The van der Waals surface area contributed by atoms with Gasteiger partial charge < -0.3 is 10.4 Å². The van der Waals surface area contributed by atoms with E-state index >= 15 is 0 Å². The molecule has 12 heavy (non-hydrogen) atoms. The van der Waals surface area contributed by atoms with Crippen molar-refractivity contribution in [1.82, 2.24) is 5.32 Å². The van der Waals surface area contributed by atoms with Crippen molar-refractivity contribution >= 4 is 5.97 Å². The molecule has 72 valence electrons. The van der Waals surface area contributed by atoms with Gasteiger partial charge in [-0.2, -0.15) is 0 Å². The molecule has 0 aromatic carbocycles. The summed E-state index contributed by atoms with van der Waals surface area (Å²) < 4.78 is 0. The van der Waals surface area contributed by atoms with E-state index in [0.29, 0.717) is 5.92 Å². The first kappa shape index (κ1) is 11.4. The molecule has 0 amide bonds. The van der Waals surface area contributed by atoms with Crippen LogP contribution in [0.5, 0.6) is 0 Å². The number of hydrogen-bond donors (Lipinski definition) is 2. The molecule has 0 spiro atoms. The highest BCUT2D eigenvalue weighted by Gasteiger charge is 2.13. The maximum Gasteiger partial charge on any atom is 0.320 e. The van der Waals surface area contributed by atoms with E-state index in [-0.39, 0.29) is 6.04 Å². The molecule has 0 radical (unpaired) electrons. The van der Waals surface area contributed by atoms with E-state index in [1.54, 1.807) is 6.92 Å². The monoisotopic (exact) mass is 173 g/mol. The van der Waals surface area contributed by atoms with Crippen LogP contribution in [0, 0.1) is 5.92 Å². The lowest BCUT2D eigenvalue weighted by Crippen LogP contribution is -2.40. The normalized spacial score (nSPS) is 16.1. The number of hydrogen-bond acceptors (Lipinski definition) is 2. The minimum atomic E-state index is -0.786. The predicted molar refractivity (Wildman–Crippen MR) is 49.2 cm³/mol. The Morgan fingerprint density at radius 3 is 2.17 bits per heavy atom. The molecule has 0 saturated heterocycles. The summed E-state index contributed by atoms with van der Waals surface area (Å²) in [6.07, 6.45) is 1.01. The Morgan fingerprint density at radius 1 is 1.33 bits per heavy atom. The van der Waals surface area contributed by atoms with Crippen LogP contribution >= 0.6 is 0 Å². The average molecular weight is 173 g/mol. The number of aliphatic carboxylic acids is 1. The van der Waals surface area contributed by atoms with Gasteiger partial charge in [0, 0.05) is 6.04 Å². The second kappa shape index (κ2) is 5.14. The summed E-state index contributed by atoms with van der Waals surface area (Å²) >= 11 is 0. The molecule has 2 unspecified atom stereocenters. The van der Waals surface area contributed by atoms with Crippen molar-refractivity contribution in [2.45, 2.75) is 46.2 Å². The maximum absolute atomic E-state index is 10.5. The Kier molecular flexibility index (Phi) is 4.90. The Bertz CT molecular complexity index is 145. The van der Waals surface area contributed by atoms with Crippen molar-refractivity contribution in [1.29, 1.82) is 0 Å². The Labute approximate surface area is 74.2 Å². The molecule has 0 bridgehead atoms. The molecule has 3 nitrogen and oxygen atoms in total. The van der Waals surface area contributed by atoms with Crippen LogP contribution in [0.25, 0.3) is 0 Å². The molecule has 0 aliphatic carbocycles. The van der Waals surface area contributed by atoms with Crippen LogP contribution in [-0.2, 0) is 4.79 Å². The molecule has 0 saturated carbocycles. The second-order valence-electron chi connectivity index (χ2n) is 3.76. The van der Waals surface area contributed by atoms with Crippen molar-refractivity contribution in [2.24, 2.45) is 5.92 Å². The topological polar surface area (TPSA) is 49.3 Å². The van der Waals surface area contributed by atoms with Crippen molar-refractivity contribution in [3.05, 3.63) is 0 Å². The van der Waals surface area contributed by atoms with Crippen LogP contribution in [0.15, 0.2) is 0 Å². The molecule has 0 rings (SSSR count). The summed E-state index contributed by atoms with van der Waals surface area (Å²) in [4.78, 5) is 10.5. The van der Waals surface area contributed by atoms with Crippen molar-refractivity contribution < 1.29 is 9.90 Å². The Morgan fingerprint density at radius 2 is 1.83 bits per heavy atom. The first-order valence-corrected chi connectivity index (χ1v) is 4.42. The second-order valence-corrected chi connectivity index (χ2v) is 3.76. The standard InChI is InChI=1S/C9H19NO2/c1-6(2)5-7(3)10-8(4)9(11)12/h6-8,10H,5H2,1-4H3,(H,11,12). The van der Waals surface area contributed by atoms with Crippen LogP contribution in [0.3, 0.4) is 0 Å². The minimum absolute atomic E-state index is 0.274. The lowest BCUT2D eigenvalue weighted by molar-refractivity contribution is -0.139. The fourth-order valence-corrected chi connectivity index (χ4v) is 1.27. The molecule has 0 aliphatic heterocycles. The van der Waals surface area contributed by atoms with Gasteiger partial charge in [-0.1, -0.05) is 13.8 Å². The quantitative estimate of drug-likeness (QED) is 0.662. The lowest BCUT2D eigenvalue weighted by Gasteiger charge is -2.18. The van der Waals surface area contributed by atoms with Gasteiger partial charge in [0.15, 0.2) is 0 Å². The minimum Gasteiger partial charge on any atom is -0.480 e. The summed E-state index contributed by atoms with van der Waals surface area (Å²) in [5.74, 6) is -0.181. The molecular weight excluding hydrogens is 154 g/mol. The molecule has 0 heterocycles. The highest BCUT2D eigenvalue weighted by molar-refractivity contribution is 5.72. The summed E-state index contributed by atoms with van der Waals surface area (Å²) in [5, 5.41) is 11.6. The van der Waals surface area contributed by atoms with Crippen molar-refractivity contribution in [2.75, 3.05) is 0 Å². The fraction of sp³-hybridized carbons (Fsp3) is 0.889. The summed E-state index contributed by atoms with van der Waals surface area (Å²) in [6, 6.07) is -0.171. The first-order valence-electron chi connectivity index (χ1n) is 4.42. The Hall–Kier alpha value is -0.570. The molecule has 0 aliphatic rings. The SMILES string of the molecule is CC(C)CC(C)NC(C)C(=O)O. The summed E-state index contributed by atoms with van der Waals surface area (Å²) in [7, 11) is 0. The maximum atomic E-state index is 10.5. The Balaban J connectivity index is 3.68. The molecule has 0 aromatic rings. The largest absolute Gasteiger partial charge is 0.480 e. The van der Waals surface area contributed by atoms with E-state index in [0.717, 1.165) is 6.42 Å². The van der Waals surface area contributed by atoms with E-state index in [4.69, 9.17) is 5.11 Å². The smallest absolute Gasteiger partial charge is 0.320 e. The van der Waals surface area contributed by atoms with E-state index < -0.39 is 12.0 Å². The summed E-state index contributed by atoms with van der Waals surface area (Å²) in [6.45, 7) is 7.94. The zero-order valence-corrected chi connectivity index (χ0v) is 8.29. The highest BCUT2D eigenvalue weighted by Crippen LogP contribution is 2.04. The van der Waals surface area contributed by atoms with E-state index in [2.05, 4.69) is 19.2 Å². The van der Waals surface area contributed by atoms with E-state index in [1.807, 2.05) is 6.92 Å². The van der Waals surface area contributed by atoms with Gasteiger partial charge in [-0.05, 0) is 26.2 Å². The number of carboxylic acid groups (broad SMARTS) is 1. The molecule has 3 heteroatoms. The molecule has 0 fully saturated rings. The van der Waals surface area contributed by atoms with Gasteiger partial charge in [0.05, 0.1) is 0 Å². The van der Waals surface area contributed by atoms with Crippen molar-refractivity contribution in [3.8, 4) is 0 Å². The number of carboxylic acids is 1. The van der Waals surface area contributed by atoms with Crippen LogP contribution in [0.4, 0.5) is 0 Å². The van der Waals surface area contributed by atoms with Gasteiger partial charge >= 0.3 is 5.97 Å². The zero-order chi connectivity index (χ0) is 9.72. The predicted octanol–water partition coefficient (Wildman–Crippen LogP) is 1.48. The molecule has 2 N–H and O–H groups in total. The zero-order valence-electron chi connectivity index (χ0n) is 8.29. The summed E-state index contributed by atoms with van der Waals surface area (Å²) in [5.41, 5.74) is 0. The van der Waals surface area contributed by atoms with Gasteiger partial charge in [-0.25, -0.2) is 0 Å². The van der Waals surface area contributed by atoms with Gasteiger partial charge in [0.2, 0.25) is 0 Å². The van der Waals surface area contributed by atoms with Crippen LogP contribution in [-0.4, -0.2) is 23.2 Å². The number of rotatable bonds is 5. The third-order valence-corrected chi connectivity index (χ3v) is 1.73. The molecule has 2 atom stereocenters. The molecular formula is C9H19NO2.